The van der Waals surface area contributed by atoms with E-state index in [1.54, 1.807) is 0 Å². The van der Waals surface area contributed by atoms with Crippen molar-refractivity contribution in [1.29, 1.82) is 0 Å². The summed E-state index contributed by atoms with van der Waals surface area (Å²) in [5, 5.41) is 0. The molecule has 2 saturated heterocycles. The number of benzene rings is 2. The SMILES string of the molecule is C[N+]1(Cc2ccccc2)CCC2(CC[N+](C)(Cc3ccccc3)C2)C1. The minimum Gasteiger partial charge on any atom is -0.322 e. The Kier molecular flexibility index (Phi) is 4.21. The van der Waals surface area contributed by atoms with E-state index in [0.29, 0.717) is 5.41 Å². The molecule has 2 heterocycles. The van der Waals surface area contributed by atoms with Gasteiger partial charge in [0.25, 0.3) is 0 Å². The van der Waals surface area contributed by atoms with E-state index in [0.717, 1.165) is 0 Å². The molecule has 2 nitrogen and oxygen atoms in total. The average Bonchev–Trinajstić information content (AvgIpc) is 3.08. The highest BCUT2D eigenvalue weighted by molar-refractivity contribution is 5.14. The summed E-state index contributed by atoms with van der Waals surface area (Å²) in [5.74, 6) is 0. The molecule has 2 aromatic carbocycles. The molecule has 2 fully saturated rings. The molecule has 25 heavy (non-hydrogen) atoms. The lowest BCUT2D eigenvalue weighted by molar-refractivity contribution is -0.925. The predicted molar refractivity (Wildman–Crippen MR) is 104 cm³/mol. The second kappa shape index (κ2) is 6.26. The van der Waals surface area contributed by atoms with Gasteiger partial charge in [-0.3, -0.25) is 0 Å². The monoisotopic (exact) mass is 336 g/mol. The molecule has 0 N–H and O–H groups in total. The van der Waals surface area contributed by atoms with Crippen LogP contribution in [0.1, 0.15) is 24.0 Å². The minimum absolute atomic E-state index is 0.563. The first-order valence-electron chi connectivity index (χ1n) is 9.73. The molecule has 0 amide bonds. The van der Waals surface area contributed by atoms with E-state index < -0.39 is 0 Å². The van der Waals surface area contributed by atoms with Gasteiger partial charge in [0.15, 0.2) is 0 Å². The molecule has 0 bridgehead atoms. The van der Waals surface area contributed by atoms with Crippen molar-refractivity contribution in [3.8, 4) is 0 Å². The van der Waals surface area contributed by atoms with E-state index in [4.69, 9.17) is 0 Å². The highest BCUT2D eigenvalue weighted by Gasteiger charge is 2.55. The molecule has 0 radical (unpaired) electrons. The van der Waals surface area contributed by atoms with Crippen LogP contribution in [-0.2, 0) is 13.1 Å². The molecule has 2 aliphatic heterocycles. The largest absolute Gasteiger partial charge is 0.322 e. The first-order chi connectivity index (χ1) is 12.0. The third kappa shape index (κ3) is 3.65. The lowest BCUT2D eigenvalue weighted by atomic mass is 9.86. The number of hydrogen-bond donors (Lipinski definition) is 0. The number of hydrogen-bond acceptors (Lipinski definition) is 0. The fourth-order valence-corrected chi connectivity index (χ4v) is 5.60. The van der Waals surface area contributed by atoms with E-state index in [1.807, 2.05) is 0 Å². The van der Waals surface area contributed by atoms with Crippen molar-refractivity contribution in [1.82, 2.24) is 0 Å². The number of rotatable bonds is 4. The van der Waals surface area contributed by atoms with Crippen LogP contribution in [0.25, 0.3) is 0 Å². The summed E-state index contributed by atoms with van der Waals surface area (Å²) in [7, 11) is 4.95. The van der Waals surface area contributed by atoms with Crippen LogP contribution in [0.2, 0.25) is 0 Å². The van der Waals surface area contributed by atoms with Gasteiger partial charge >= 0.3 is 0 Å². The Balaban J connectivity index is 1.44. The molecule has 2 heteroatoms. The van der Waals surface area contributed by atoms with Crippen LogP contribution in [0.3, 0.4) is 0 Å². The van der Waals surface area contributed by atoms with Crippen molar-refractivity contribution in [2.24, 2.45) is 5.41 Å². The van der Waals surface area contributed by atoms with Gasteiger partial charge in [-0.2, -0.15) is 0 Å². The van der Waals surface area contributed by atoms with Gasteiger partial charge in [0.1, 0.15) is 13.1 Å². The highest BCUT2D eigenvalue weighted by Crippen LogP contribution is 2.45. The van der Waals surface area contributed by atoms with Crippen molar-refractivity contribution in [2.45, 2.75) is 25.9 Å². The van der Waals surface area contributed by atoms with Crippen molar-refractivity contribution in [3.05, 3.63) is 71.8 Å². The van der Waals surface area contributed by atoms with Crippen molar-refractivity contribution >= 4 is 0 Å². The van der Waals surface area contributed by atoms with Gasteiger partial charge in [-0.05, 0) is 0 Å². The van der Waals surface area contributed by atoms with Crippen molar-refractivity contribution < 1.29 is 8.97 Å². The normalized spacial score (nSPS) is 34.6. The Morgan fingerprint density at radius 1 is 0.680 bits per heavy atom. The Hall–Kier alpha value is -1.64. The molecule has 0 saturated carbocycles. The molecule has 0 aliphatic carbocycles. The van der Waals surface area contributed by atoms with Crippen LogP contribution in [0.15, 0.2) is 60.7 Å². The summed E-state index contributed by atoms with van der Waals surface area (Å²) >= 11 is 0. The van der Waals surface area contributed by atoms with E-state index >= 15 is 0 Å². The first kappa shape index (κ1) is 16.8. The maximum absolute atomic E-state index is 2.47. The van der Waals surface area contributed by atoms with Gasteiger partial charge < -0.3 is 8.97 Å². The molecule has 0 aromatic heterocycles. The second-order valence-electron chi connectivity index (χ2n) is 9.29. The molecule has 132 valence electrons. The molecule has 4 rings (SSSR count). The summed E-state index contributed by atoms with van der Waals surface area (Å²) in [6.45, 7) is 7.74. The maximum Gasteiger partial charge on any atom is 0.104 e. The van der Waals surface area contributed by atoms with Crippen molar-refractivity contribution in [3.63, 3.8) is 0 Å². The standard InChI is InChI=1S/C23H32N2/c1-24(17-21-9-5-3-6-10-21)15-13-23(19-24)14-16-25(2,20-23)18-22-11-7-4-8-12-22/h3-12H,13-20H2,1-2H3/q+2. The number of quaternary nitrogens is 2. The zero-order valence-electron chi connectivity index (χ0n) is 15.8. The summed E-state index contributed by atoms with van der Waals surface area (Å²) in [4.78, 5) is 0. The highest BCUT2D eigenvalue weighted by atomic mass is 15.4. The molecular formula is C23H32N2+2. The summed E-state index contributed by atoms with van der Waals surface area (Å²) in [6.07, 6.45) is 2.80. The van der Waals surface area contributed by atoms with E-state index in [1.165, 1.54) is 72.2 Å². The fraction of sp³-hybridized carbons (Fsp3) is 0.478. The molecule has 2 unspecified atom stereocenters. The van der Waals surface area contributed by atoms with Gasteiger partial charge in [0.05, 0.1) is 45.7 Å². The lowest BCUT2D eigenvalue weighted by Gasteiger charge is -2.34. The topological polar surface area (TPSA) is 0 Å². The lowest BCUT2D eigenvalue weighted by Crippen LogP contribution is -2.46. The Bertz CT molecular complexity index is 648. The number of nitrogens with zero attached hydrogens (tertiary/aromatic N) is 2. The summed E-state index contributed by atoms with van der Waals surface area (Å²) in [6, 6.07) is 22.1. The third-order valence-corrected chi connectivity index (χ3v) is 6.61. The number of likely N-dealkylation sites (tertiary alicyclic amines) is 2. The smallest absolute Gasteiger partial charge is 0.104 e. The summed E-state index contributed by atoms with van der Waals surface area (Å²) in [5.41, 5.74) is 3.54. The Morgan fingerprint density at radius 3 is 1.48 bits per heavy atom. The van der Waals surface area contributed by atoms with Crippen LogP contribution in [0.4, 0.5) is 0 Å². The van der Waals surface area contributed by atoms with Crippen LogP contribution in [0, 0.1) is 5.41 Å². The van der Waals surface area contributed by atoms with Crippen LogP contribution < -0.4 is 0 Å². The first-order valence-corrected chi connectivity index (χ1v) is 9.73. The molecular weight excluding hydrogens is 304 g/mol. The predicted octanol–water partition coefficient (Wildman–Crippen LogP) is 4.07. The maximum atomic E-state index is 2.47. The van der Waals surface area contributed by atoms with Crippen LogP contribution in [0.5, 0.6) is 0 Å². The van der Waals surface area contributed by atoms with E-state index in [-0.39, 0.29) is 0 Å². The van der Waals surface area contributed by atoms with Gasteiger partial charge in [0, 0.05) is 24.0 Å². The molecule has 2 aliphatic rings. The molecule has 2 aromatic rings. The van der Waals surface area contributed by atoms with Gasteiger partial charge in [0.2, 0.25) is 0 Å². The zero-order chi connectivity index (χ0) is 17.4. The van der Waals surface area contributed by atoms with Gasteiger partial charge in [-0.15, -0.1) is 0 Å². The van der Waals surface area contributed by atoms with Crippen LogP contribution >= 0.6 is 0 Å². The minimum atomic E-state index is 0.563. The average molecular weight is 337 g/mol. The zero-order valence-corrected chi connectivity index (χ0v) is 15.8. The molecule has 2 atom stereocenters. The third-order valence-electron chi connectivity index (χ3n) is 6.61. The Morgan fingerprint density at radius 2 is 1.08 bits per heavy atom. The Labute approximate surface area is 152 Å². The summed E-state index contributed by atoms with van der Waals surface area (Å²) < 4.78 is 2.44. The van der Waals surface area contributed by atoms with E-state index in [9.17, 15) is 0 Å². The second-order valence-corrected chi connectivity index (χ2v) is 9.29. The fourth-order valence-electron chi connectivity index (χ4n) is 5.60. The van der Waals surface area contributed by atoms with Gasteiger partial charge in [-0.1, -0.05) is 60.7 Å². The van der Waals surface area contributed by atoms with Crippen LogP contribution in [-0.4, -0.2) is 49.2 Å². The van der Waals surface area contributed by atoms with E-state index in [2.05, 4.69) is 74.8 Å². The molecule has 1 spiro atoms. The van der Waals surface area contributed by atoms with Gasteiger partial charge in [-0.25, -0.2) is 0 Å². The van der Waals surface area contributed by atoms with Crippen molar-refractivity contribution in [2.75, 3.05) is 40.3 Å². The quantitative estimate of drug-likeness (QED) is 0.738.